The molecule has 1 atom stereocenters. The topological polar surface area (TPSA) is 41.3 Å². The lowest BCUT2D eigenvalue weighted by molar-refractivity contribution is 0.337. The normalized spacial score (nSPS) is 24.4. The number of halogens is 1. The van der Waals surface area contributed by atoms with E-state index in [4.69, 9.17) is 5.73 Å². The summed E-state index contributed by atoms with van der Waals surface area (Å²) in [6.45, 7) is 7.24. The lowest BCUT2D eigenvalue weighted by atomic mass is 9.90. The molecule has 1 aliphatic rings. The van der Waals surface area contributed by atoms with E-state index in [9.17, 15) is 0 Å². The van der Waals surface area contributed by atoms with Crippen LogP contribution in [0.15, 0.2) is 16.6 Å². The van der Waals surface area contributed by atoms with Gasteiger partial charge < -0.3 is 16.0 Å². The Morgan fingerprint density at radius 2 is 1.90 bits per heavy atom. The molecule has 0 spiro atoms. The van der Waals surface area contributed by atoms with Crippen molar-refractivity contribution in [3.63, 3.8) is 0 Å². The number of rotatable bonds is 3. The van der Waals surface area contributed by atoms with Gasteiger partial charge in [0.2, 0.25) is 0 Å². The van der Waals surface area contributed by atoms with Crippen molar-refractivity contribution < 1.29 is 0 Å². The summed E-state index contributed by atoms with van der Waals surface area (Å²) in [6.07, 6.45) is 3.45. The molecule has 1 saturated heterocycles. The van der Waals surface area contributed by atoms with Crippen molar-refractivity contribution in [2.45, 2.75) is 38.6 Å². The molecule has 112 valence electrons. The summed E-state index contributed by atoms with van der Waals surface area (Å²) in [5.41, 5.74) is 9.89. The van der Waals surface area contributed by atoms with Crippen LogP contribution in [0.1, 0.15) is 30.4 Å². The number of hydrogen-bond acceptors (Lipinski definition) is 3. The van der Waals surface area contributed by atoms with Gasteiger partial charge in [0.15, 0.2) is 0 Å². The van der Waals surface area contributed by atoms with Gasteiger partial charge in [0.05, 0.1) is 5.54 Å². The third-order valence-electron chi connectivity index (χ3n) is 4.40. The second-order valence-electron chi connectivity index (χ2n) is 6.19. The summed E-state index contributed by atoms with van der Waals surface area (Å²) in [7, 11) is 2.19. The van der Waals surface area contributed by atoms with E-state index in [0.29, 0.717) is 6.54 Å². The fourth-order valence-electron chi connectivity index (χ4n) is 3.03. The average molecular weight is 340 g/mol. The van der Waals surface area contributed by atoms with E-state index >= 15 is 0 Å². The molecule has 1 fully saturated rings. The highest BCUT2D eigenvalue weighted by Crippen LogP contribution is 2.30. The number of hydrogen-bond donors (Lipinski definition) is 2. The number of nitrogens with two attached hydrogens (primary N) is 1. The molecule has 0 amide bonds. The summed E-state index contributed by atoms with van der Waals surface area (Å²) in [5.74, 6) is 0. The lowest BCUT2D eigenvalue weighted by Crippen LogP contribution is -2.46. The van der Waals surface area contributed by atoms with Crippen molar-refractivity contribution in [2.24, 2.45) is 5.73 Å². The van der Waals surface area contributed by atoms with E-state index < -0.39 is 0 Å². The third kappa shape index (κ3) is 3.54. The highest BCUT2D eigenvalue weighted by molar-refractivity contribution is 9.10. The van der Waals surface area contributed by atoms with Crippen molar-refractivity contribution >= 4 is 21.6 Å². The van der Waals surface area contributed by atoms with Gasteiger partial charge in [0, 0.05) is 23.2 Å². The summed E-state index contributed by atoms with van der Waals surface area (Å²) < 4.78 is 1.20. The average Bonchev–Trinajstić information content (AvgIpc) is 2.59. The molecule has 1 aromatic carbocycles. The van der Waals surface area contributed by atoms with Gasteiger partial charge >= 0.3 is 0 Å². The Morgan fingerprint density at radius 1 is 1.25 bits per heavy atom. The fourth-order valence-corrected chi connectivity index (χ4v) is 3.26. The van der Waals surface area contributed by atoms with Gasteiger partial charge in [-0.05, 0) is 70.0 Å². The molecule has 1 heterocycles. The first kappa shape index (κ1) is 15.8. The van der Waals surface area contributed by atoms with Gasteiger partial charge in [-0.3, -0.25) is 0 Å². The smallest absolute Gasteiger partial charge is 0.0508 e. The maximum atomic E-state index is 6.12. The second kappa shape index (κ2) is 6.46. The van der Waals surface area contributed by atoms with Gasteiger partial charge in [0.1, 0.15) is 0 Å². The van der Waals surface area contributed by atoms with Crippen molar-refractivity contribution in [3.8, 4) is 0 Å². The van der Waals surface area contributed by atoms with E-state index in [0.717, 1.165) is 19.4 Å². The zero-order chi connectivity index (χ0) is 14.8. The molecule has 3 nitrogen and oxygen atoms in total. The molecular weight excluding hydrogens is 314 g/mol. The van der Waals surface area contributed by atoms with Crippen LogP contribution in [-0.2, 0) is 0 Å². The maximum Gasteiger partial charge on any atom is 0.0508 e. The molecule has 1 aliphatic heterocycles. The predicted molar refractivity (Wildman–Crippen MR) is 90.4 cm³/mol. The summed E-state index contributed by atoms with van der Waals surface area (Å²) in [5, 5.41) is 3.74. The number of aryl methyl sites for hydroxylation is 2. The van der Waals surface area contributed by atoms with E-state index in [1.165, 1.54) is 34.3 Å². The van der Waals surface area contributed by atoms with Crippen LogP contribution in [-0.4, -0.2) is 37.1 Å². The Hall–Kier alpha value is -0.580. The lowest BCUT2D eigenvalue weighted by Gasteiger charge is -2.34. The van der Waals surface area contributed by atoms with Crippen molar-refractivity contribution in [1.29, 1.82) is 0 Å². The van der Waals surface area contributed by atoms with Crippen LogP contribution in [0.4, 0.5) is 5.69 Å². The first-order chi connectivity index (χ1) is 9.46. The van der Waals surface area contributed by atoms with Crippen LogP contribution in [0.5, 0.6) is 0 Å². The number of anilines is 1. The molecular formula is C16H26BrN3. The van der Waals surface area contributed by atoms with Gasteiger partial charge in [0.25, 0.3) is 0 Å². The SMILES string of the molecule is Cc1cc(NC2(CN)CCCN(C)CC2)cc(C)c1Br. The minimum atomic E-state index is 0.0392. The first-order valence-corrected chi connectivity index (χ1v) is 8.19. The quantitative estimate of drug-likeness (QED) is 0.887. The minimum absolute atomic E-state index is 0.0392. The summed E-state index contributed by atoms with van der Waals surface area (Å²) in [6, 6.07) is 4.42. The van der Waals surface area contributed by atoms with Gasteiger partial charge in [-0.15, -0.1) is 0 Å². The zero-order valence-electron chi connectivity index (χ0n) is 12.8. The number of nitrogens with one attached hydrogen (secondary N) is 1. The molecule has 0 saturated carbocycles. The van der Waals surface area contributed by atoms with Crippen molar-refractivity contribution in [1.82, 2.24) is 4.90 Å². The Bertz CT molecular complexity index is 452. The highest BCUT2D eigenvalue weighted by atomic mass is 79.9. The van der Waals surface area contributed by atoms with Gasteiger partial charge in [-0.2, -0.15) is 0 Å². The van der Waals surface area contributed by atoms with Gasteiger partial charge in [-0.25, -0.2) is 0 Å². The van der Waals surface area contributed by atoms with E-state index in [-0.39, 0.29) is 5.54 Å². The highest BCUT2D eigenvalue weighted by Gasteiger charge is 2.30. The van der Waals surface area contributed by atoms with Crippen LogP contribution in [0.3, 0.4) is 0 Å². The molecule has 20 heavy (non-hydrogen) atoms. The molecule has 0 bridgehead atoms. The van der Waals surface area contributed by atoms with Crippen molar-refractivity contribution in [3.05, 3.63) is 27.7 Å². The molecule has 0 radical (unpaired) electrons. The molecule has 3 N–H and O–H groups in total. The standard InChI is InChI=1S/C16H26BrN3/c1-12-9-14(10-13(2)15(12)17)19-16(11-18)5-4-7-20(3)8-6-16/h9-10,19H,4-8,11,18H2,1-3H3. The Morgan fingerprint density at radius 3 is 2.50 bits per heavy atom. The molecule has 0 aliphatic carbocycles. The molecule has 2 rings (SSSR count). The Kier molecular flexibility index (Phi) is 5.10. The molecule has 1 unspecified atom stereocenters. The van der Waals surface area contributed by atoms with E-state index in [2.05, 4.69) is 59.2 Å². The maximum absolute atomic E-state index is 6.12. The largest absolute Gasteiger partial charge is 0.378 e. The van der Waals surface area contributed by atoms with E-state index in [1.807, 2.05) is 0 Å². The number of benzene rings is 1. The summed E-state index contributed by atoms with van der Waals surface area (Å²) in [4.78, 5) is 2.40. The zero-order valence-corrected chi connectivity index (χ0v) is 14.4. The van der Waals surface area contributed by atoms with E-state index in [1.54, 1.807) is 0 Å². The molecule has 4 heteroatoms. The third-order valence-corrected chi connectivity index (χ3v) is 5.65. The molecule has 0 aromatic heterocycles. The van der Waals surface area contributed by atoms with Crippen LogP contribution in [0.25, 0.3) is 0 Å². The Labute approximate surface area is 131 Å². The first-order valence-electron chi connectivity index (χ1n) is 7.39. The number of likely N-dealkylation sites (tertiary alicyclic amines) is 1. The van der Waals surface area contributed by atoms with Crippen molar-refractivity contribution in [2.75, 3.05) is 32.0 Å². The van der Waals surface area contributed by atoms with Crippen LogP contribution >= 0.6 is 15.9 Å². The second-order valence-corrected chi connectivity index (χ2v) is 6.98. The van der Waals surface area contributed by atoms with Crippen LogP contribution in [0, 0.1) is 13.8 Å². The summed E-state index contributed by atoms with van der Waals surface area (Å²) >= 11 is 3.63. The van der Waals surface area contributed by atoms with Crippen LogP contribution in [0.2, 0.25) is 0 Å². The predicted octanol–water partition coefficient (Wildman–Crippen LogP) is 3.29. The van der Waals surface area contributed by atoms with Gasteiger partial charge in [-0.1, -0.05) is 15.9 Å². The number of nitrogens with zero attached hydrogens (tertiary/aromatic N) is 1. The molecule has 1 aromatic rings. The Balaban J connectivity index is 2.21. The fraction of sp³-hybridized carbons (Fsp3) is 0.625. The minimum Gasteiger partial charge on any atom is -0.378 e. The van der Waals surface area contributed by atoms with Crippen LogP contribution < -0.4 is 11.1 Å². The monoisotopic (exact) mass is 339 g/mol.